The van der Waals surface area contributed by atoms with E-state index in [0.29, 0.717) is 17.6 Å². The summed E-state index contributed by atoms with van der Waals surface area (Å²) in [4.78, 5) is 4.21. The zero-order valence-electron chi connectivity index (χ0n) is 8.51. The van der Waals surface area contributed by atoms with Crippen molar-refractivity contribution in [2.45, 2.75) is 31.9 Å². The van der Waals surface area contributed by atoms with Crippen LogP contribution in [0, 0.1) is 12.8 Å². The van der Waals surface area contributed by atoms with Gasteiger partial charge in [-0.15, -0.1) is 0 Å². The SMILES string of the molecule is Cc1nc(C(N)C(O)C2CC2)n(C)n1. The van der Waals surface area contributed by atoms with Crippen LogP contribution in [0.3, 0.4) is 0 Å². The second-order valence-electron chi connectivity index (χ2n) is 3.99. The molecule has 0 bridgehead atoms. The van der Waals surface area contributed by atoms with Gasteiger partial charge in [-0.3, -0.25) is 4.68 Å². The molecule has 5 nitrogen and oxygen atoms in total. The molecule has 2 atom stereocenters. The number of aliphatic hydroxyl groups is 1. The smallest absolute Gasteiger partial charge is 0.147 e. The van der Waals surface area contributed by atoms with Gasteiger partial charge in [0.2, 0.25) is 0 Å². The van der Waals surface area contributed by atoms with Crippen molar-refractivity contribution >= 4 is 0 Å². The predicted molar refractivity (Wildman–Crippen MR) is 51.4 cm³/mol. The van der Waals surface area contributed by atoms with Crippen LogP contribution in [0.2, 0.25) is 0 Å². The minimum absolute atomic E-state index is 0.363. The third-order valence-electron chi connectivity index (χ3n) is 2.67. The van der Waals surface area contributed by atoms with Crippen LogP contribution in [0.1, 0.15) is 30.5 Å². The molecule has 14 heavy (non-hydrogen) atoms. The van der Waals surface area contributed by atoms with Crippen molar-refractivity contribution in [1.29, 1.82) is 0 Å². The zero-order valence-corrected chi connectivity index (χ0v) is 8.51. The summed E-state index contributed by atoms with van der Waals surface area (Å²) in [6.07, 6.45) is 1.68. The van der Waals surface area contributed by atoms with Crippen LogP contribution in [0.4, 0.5) is 0 Å². The molecule has 0 aromatic carbocycles. The van der Waals surface area contributed by atoms with E-state index in [4.69, 9.17) is 5.73 Å². The van der Waals surface area contributed by atoms with Gasteiger partial charge in [0, 0.05) is 7.05 Å². The Morgan fingerprint density at radius 2 is 2.21 bits per heavy atom. The van der Waals surface area contributed by atoms with Gasteiger partial charge >= 0.3 is 0 Å². The number of nitrogens with two attached hydrogens (primary N) is 1. The maximum atomic E-state index is 9.84. The average molecular weight is 196 g/mol. The monoisotopic (exact) mass is 196 g/mol. The van der Waals surface area contributed by atoms with E-state index in [-0.39, 0.29) is 0 Å². The van der Waals surface area contributed by atoms with Gasteiger partial charge in [-0.05, 0) is 25.7 Å². The maximum absolute atomic E-state index is 9.84. The predicted octanol–water partition coefficient (Wildman–Crippen LogP) is -0.106. The molecule has 1 saturated carbocycles. The van der Waals surface area contributed by atoms with E-state index in [1.807, 2.05) is 6.92 Å². The van der Waals surface area contributed by atoms with Crippen LogP contribution >= 0.6 is 0 Å². The Morgan fingerprint density at radius 1 is 1.57 bits per heavy atom. The molecule has 0 radical (unpaired) electrons. The Morgan fingerprint density at radius 3 is 2.64 bits per heavy atom. The Labute approximate surface area is 82.9 Å². The fourth-order valence-corrected chi connectivity index (χ4v) is 1.70. The third kappa shape index (κ3) is 1.65. The summed E-state index contributed by atoms with van der Waals surface area (Å²) in [5, 5.41) is 13.9. The molecule has 0 amide bonds. The molecule has 3 N–H and O–H groups in total. The summed E-state index contributed by atoms with van der Waals surface area (Å²) in [5.74, 6) is 1.73. The van der Waals surface area contributed by atoms with E-state index in [1.165, 1.54) is 0 Å². The highest BCUT2D eigenvalue weighted by atomic mass is 16.3. The lowest BCUT2D eigenvalue weighted by Gasteiger charge is -2.16. The van der Waals surface area contributed by atoms with Crippen LogP contribution in [-0.4, -0.2) is 26.0 Å². The molecule has 78 valence electrons. The Bertz CT molecular complexity index is 332. The molecule has 2 rings (SSSR count). The Hall–Kier alpha value is -0.940. The van der Waals surface area contributed by atoms with Gasteiger partial charge in [-0.25, -0.2) is 4.98 Å². The van der Waals surface area contributed by atoms with Gasteiger partial charge in [-0.2, -0.15) is 5.10 Å². The second kappa shape index (κ2) is 3.33. The minimum atomic E-state index is -0.475. The first-order valence-electron chi connectivity index (χ1n) is 4.91. The lowest BCUT2D eigenvalue weighted by atomic mass is 10.1. The van der Waals surface area contributed by atoms with Crippen LogP contribution in [0.5, 0.6) is 0 Å². The summed E-state index contributed by atoms with van der Waals surface area (Å²) in [5.41, 5.74) is 5.92. The first-order chi connectivity index (χ1) is 6.59. The van der Waals surface area contributed by atoms with Crippen molar-refractivity contribution in [3.05, 3.63) is 11.6 Å². The first-order valence-corrected chi connectivity index (χ1v) is 4.91. The lowest BCUT2D eigenvalue weighted by molar-refractivity contribution is 0.117. The topological polar surface area (TPSA) is 77.0 Å². The normalized spacial score (nSPS) is 20.9. The molecule has 1 aliphatic carbocycles. The summed E-state index contributed by atoms with van der Waals surface area (Å²) < 4.78 is 1.64. The molecular formula is C9H16N4O. The van der Waals surface area contributed by atoms with Crippen molar-refractivity contribution in [3.63, 3.8) is 0 Å². The molecule has 1 aromatic rings. The zero-order chi connectivity index (χ0) is 10.3. The van der Waals surface area contributed by atoms with Crippen LogP contribution in [-0.2, 0) is 7.05 Å². The van der Waals surface area contributed by atoms with E-state index in [1.54, 1.807) is 11.7 Å². The van der Waals surface area contributed by atoms with Crippen molar-refractivity contribution in [2.24, 2.45) is 18.7 Å². The van der Waals surface area contributed by atoms with E-state index in [0.717, 1.165) is 12.8 Å². The largest absolute Gasteiger partial charge is 0.391 e. The molecule has 1 fully saturated rings. The molecule has 1 heterocycles. The fourth-order valence-electron chi connectivity index (χ4n) is 1.70. The highest BCUT2D eigenvalue weighted by Crippen LogP contribution is 2.36. The quantitative estimate of drug-likeness (QED) is 0.707. The molecule has 2 unspecified atom stereocenters. The summed E-state index contributed by atoms with van der Waals surface area (Å²) in [7, 11) is 1.80. The van der Waals surface area contributed by atoms with Crippen LogP contribution in [0.15, 0.2) is 0 Å². The molecule has 1 aliphatic rings. The van der Waals surface area contributed by atoms with E-state index in [9.17, 15) is 5.11 Å². The van der Waals surface area contributed by atoms with Gasteiger partial charge in [0.05, 0.1) is 12.1 Å². The summed E-state index contributed by atoms with van der Waals surface area (Å²) in [6.45, 7) is 1.82. The average Bonchev–Trinajstić information content (AvgIpc) is 2.90. The lowest BCUT2D eigenvalue weighted by Crippen LogP contribution is -2.30. The third-order valence-corrected chi connectivity index (χ3v) is 2.67. The molecule has 0 saturated heterocycles. The number of aryl methyl sites for hydroxylation is 2. The van der Waals surface area contributed by atoms with Gasteiger partial charge in [-0.1, -0.05) is 0 Å². The van der Waals surface area contributed by atoms with Crippen molar-refractivity contribution in [2.75, 3.05) is 0 Å². The van der Waals surface area contributed by atoms with Crippen LogP contribution < -0.4 is 5.73 Å². The van der Waals surface area contributed by atoms with Gasteiger partial charge in [0.25, 0.3) is 0 Å². The highest BCUT2D eigenvalue weighted by Gasteiger charge is 2.35. The minimum Gasteiger partial charge on any atom is -0.391 e. The first kappa shape index (κ1) is 9.61. The fraction of sp³-hybridized carbons (Fsp3) is 0.778. The molecule has 5 heteroatoms. The summed E-state index contributed by atoms with van der Waals surface area (Å²) >= 11 is 0. The van der Waals surface area contributed by atoms with E-state index < -0.39 is 12.1 Å². The number of rotatable bonds is 3. The highest BCUT2D eigenvalue weighted by molar-refractivity contribution is 5.02. The van der Waals surface area contributed by atoms with Gasteiger partial charge in [0.1, 0.15) is 11.6 Å². The van der Waals surface area contributed by atoms with E-state index in [2.05, 4.69) is 10.1 Å². The molecule has 1 aromatic heterocycles. The number of hydrogen-bond acceptors (Lipinski definition) is 4. The van der Waals surface area contributed by atoms with E-state index >= 15 is 0 Å². The Balaban J connectivity index is 2.16. The second-order valence-corrected chi connectivity index (χ2v) is 3.99. The molecular weight excluding hydrogens is 180 g/mol. The standard InChI is InChI=1S/C9H16N4O/c1-5-11-9(13(2)12-5)7(10)8(14)6-3-4-6/h6-8,14H,3-4,10H2,1-2H3. The van der Waals surface area contributed by atoms with Crippen LogP contribution in [0.25, 0.3) is 0 Å². The van der Waals surface area contributed by atoms with Crippen molar-refractivity contribution in [3.8, 4) is 0 Å². The number of nitrogens with zero attached hydrogens (tertiary/aromatic N) is 3. The van der Waals surface area contributed by atoms with Gasteiger partial charge < -0.3 is 10.8 Å². The van der Waals surface area contributed by atoms with Crippen molar-refractivity contribution < 1.29 is 5.11 Å². The molecule has 0 spiro atoms. The number of aromatic nitrogens is 3. The maximum Gasteiger partial charge on any atom is 0.147 e. The number of hydrogen-bond donors (Lipinski definition) is 2. The van der Waals surface area contributed by atoms with Crippen molar-refractivity contribution in [1.82, 2.24) is 14.8 Å². The number of aliphatic hydroxyl groups excluding tert-OH is 1. The summed E-state index contributed by atoms with van der Waals surface area (Å²) in [6, 6.07) is -0.409. The van der Waals surface area contributed by atoms with Gasteiger partial charge in [0.15, 0.2) is 0 Å². The Kier molecular flexibility index (Phi) is 2.28. The molecule has 0 aliphatic heterocycles.